The molecule has 1 atom stereocenters. The number of carbonyl (C=O) groups excluding carboxylic acids is 1. The van der Waals surface area contributed by atoms with E-state index in [0.717, 1.165) is 11.1 Å². The Balaban J connectivity index is 1.51. The molecule has 2 heterocycles. The number of nitrogens with one attached hydrogen (secondary N) is 1. The minimum absolute atomic E-state index is 0.160. The number of aromatic nitrogens is 3. The zero-order valence-corrected chi connectivity index (χ0v) is 14.5. The highest BCUT2D eigenvalue weighted by Crippen LogP contribution is 2.23. The molecule has 2 aromatic carbocycles. The van der Waals surface area contributed by atoms with E-state index in [2.05, 4.69) is 15.4 Å². The van der Waals surface area contributed by atoms with Crippen molar-refractivity contribution in [2.45, 2.75) is 12.6 Å². The van der Waals surface area contributed by atoms with Crippen LogP contribution >= 0.6 is 0 Å². The average molecular weight is 358 g/mol. The van der Waals surface area contributed by atoms with E-state index in [9.17, 15) is 4.79 Å². The molecule has 2 aromatic heterocycles. The molecule has 0 spiro atoms. The molecule has 1 unspecified atom stereocenters. The van der Waals surface area contributed by atoms with Crippen LogP contribution < -0.4 is 5.32 Å². The zero-order chi connectivity index (χ0) is 18.5. The van der Waals surface area contributed by atoms with Crippen molar-refractivity contribution in [3.63, 3.8) is 0 Å². The quantitative estimate of drug-likeness (QED) is 0.573. The lowest BCUT2D eigenvalue weighted by Gasteiger charge is -2.17. The van der Waals surface area contributed by atoms with Gasteiger partial charge in [-0.2, -0.15) is 5.10 Å². The van der Waals surface area contributed by atoms with Crippen molar-refractivity contribution >= 4 is 5.91 Å². The monoisotopic (exact) mass is 358 g/mol. The fraction of sp³-hybridized carbons (Fsp3) is 0.0952. The second-order valence-electron chi connectivity index (χ2n) is 6.12. The average Bonchev–Trinajstić information content (AvgIpc) is 3.41. The number of hydrogen-bond donors (Lipinski definition) is 1. The summed E-state index contributed by atoms with van der Waals surface area (Å²) in [7, 11) is 0. The molecule has 134 valence electrons. The molecule has 0 saturated heterocycles. The van der Waals surface area contributed by atoms with E-state index in [1.54, 1.807) is 17.3 Å². The Labute approximate surface area is 156 Å². The van der Waals surface area contributed by atoms with E-state index in [-0.39, 0.29) is 11.9 Å². The summed E-state index contributed by atoms with van der Waals surface area (Å²) >= 11 is 0. The number of benzene rings is 2. The van der Waals surface area contributed by atoms with E-state index in [1.165, 1.54) is 6.33 Å². The molecule has 0 aliphatic rings. The fourth-order valence-corrected chi connectivity index (χ4v) is 2.90. The first-order chi connectivity index (χ1) is 13.3. The third-order valence-corrected chi connectivity index (χ3v) is 4.26. The van der Waals surface area contributed by atoms with Crippen molar-refractivity contribution < 1.29 is 9.21 Å². The molecule has 6 nitrogen and oxygen atoms in total. The lowest BCUT2D eigenvalue weighted by molar-refractivity contribution is 0.0939. The SMILES string of the molecule is O=C(NC(c1ccccc1)c1ccco1)c1ccc(Cn2cncn2)cc1. The third kappa shape index (κ3) is 3.95. The first-order valence-corrected chi connectivity index (χ1v) is 8.60. The van der Waals surface area contributed by atoms with Crippen LogP contribution in [0.15, 0.2) is 90.1 Å². The van der Waals surface area contributed by atoms with Gasteiger partial charge in [0.2, 0.25) is 0 Å². The van der Waals surface area contributed by atoms with Gasteiger partial charge < -0.3 is 9.73 Å². The molecule has 0 saturated carbocycles. The van der Waals surface area contributed by atoms with Crippen LogP contribution in [-0.2, 0) is 6.54 Å². The van der Waals surface area contributed by atoms with Gasteiger partial charge in [-0.15, -0.1) is 0 Å². The van der Waals surface area contributed by atoms with Crippen molar-refractivity contribution in [1.82, 2.24) is 20.1 Å². The van der Waals surface area contributed by atoms with Crippen LogP contribution in [-0.4, -0.2) is 20.7 Å². The Bertz CT molecular complexity index is 979. The van der Waals surface area contributed by atoms with Gasteiger partial charge in [-0.3, -0.25) is 4.79 Å². The lowest BCUT2D eigenvalue weighted by atomic mass is 10.0. The summed E-state index contributed by atoms with van der Waals surface area (Å²) in [6, 6.07) is 20.5. The second kappa shape index (κ2) is 7.70. The summed E-state index contributed by atoms with van der Waals surface area (Å²) in [5.74, 6) is 0.532. The zero-order valence-electron chi connectivity index (χ0n) is 14.5. The largest absolute Gasteiger partial charge is 0.467 e. The number of amides is 1. The van der Waals surface area contributed by atoms with Crippen molar-refractivity contribution in [3.05, 3.63) is 108 Å². The van der Waals surface area contributed by atoms with E-state index < -0.39 is 0 Å². The molecule has 1 amide bonds. The summed E-state index contributed by atoms with van der Waals surface area (Å²) in [5, 5.41) is 7.14. The Kier molecular flexibility index (Phi) is 4.78. The smallest absolute Gasteiger partial charge is 0.252 e. The molecule has 0 bridgehead atoms. The first kappa shape index (κ1) is 16.8. The minimum Gasteiger partial charge on any atom is -0.467 e. The lowest BCUT2D eigenvalue weighted by Crippen LogP contribution is -2.29. The van der Waals surface area contributed by atoms with E-state index in [4.69, 9.17) is 4.42 Å². The molecule has 0 aliphatic carbocycles. The summed E-state index contributed by atoms with van der Waals surface area (Å²) in [5.41, 5.74) is 2.59. The van der Waals surface area contributed by atoms with Crippen LogP contribution in [0, 0.1) is 0 Å². The molecular weight excluding hydrogens is 340 g/mol. The van der Waals surface area contributed by atoms with Gasteiger partial charge in [-0.05, 0) is 35.4 Å². The number of furan rings is 1. The predicted molar refractivity (Wildman–Crippen MR) is 100 cm³/mol. The van der Waals surface area contributed by atoms with E-state index >= 15 is 0 Å². The highest BCUT2D eigenvalue weighted by Gasteiger charge is 2.20. The Morgan fingerprint density at radius 2 is 1.85 bits per heavy atom. The van der Waals surface area contributed by atoms with Gasteiger partial charge in [0.25, 0.3) is 5.91 Å². The van der Waals surface area contributed by atoms with Crippen molar-refractivity contribution in [3.8, 4) is 0 Å². The molecule has 27 heavy (non-hydrogen) atoms. The van der Waals surface area contributed by atoms with Gasteiger partial charge >= 0.3 is 0 Å². The normalized spacial score (nSPS) is 11.9. The standard InChI is InChI=1S/C21H18N4O2/c26-21(18-10-8-16(9-11-18)13-25-15-22-14-23-25)24-20(19-7-4-12-27-19)17-5-2-1-3-6-17/h1-12,14-15,20H,13H2,(H,24,26). The highest BCUT2D eigenvalue weighted by atomic mass is 16.3. The molecular formula is C21H18N4O2. The summed E-state index contributed by atoms with van der Waals surface area (Å²) in [4.78, 5) is 16.7. The maximum absolute atomic E-state index is 12.8. The van der Waals surface area contributed by atoms with Crippen LogP contribution in [0.3, 0.4) is 0 Å². The van der Waals surface area contributed by atoms with Crippen LogP contribution in [0.4, 0.5) is 0 Å². The van der Waals surface area contributed by atoms with Gasteiger partial charge in [-0.1, -0.05) is 42.5 Å². The van der Waals surface area contributed by atoms with Gasteiger partial charge in [0.1, 0.15) is 24.5 Å². The number of carbonyl (C=O) groups is 1. The van der Waals surface area contributed by atoms with E-state index in [1.807, 2.05) is 66.7 Å². The molecule has 6 heteroatoms. The third-order valence-electron chi connectivity index (χ3n) is 4.26. The second-order valence-corrected chi connectivity index (χ2v) is 6.12. The fourth-order valence-electron chi connectivity index (χ4n) is 2.90. The van der Waals surface area contributed by atoms with Crippen molar-refractivity contribution in [2.24, 2.45) is 0 Å². The van der Waals surface area contributed by atoms with Gasteiger partial charge in [0, 0.05) is 5.56 Å². The molecule has 0 radical (unpaired) electrons. The minimum atomic E-state index is -0.344. The van der Waals surface area contributed by atoms with E-state index in [0.29, 0.717) is 17.9 Å². The van der Waals surface area contributed by atoms with Crippen LogP contribution in [0.2, 0.25) is 0 Å². The summed E-state index contributed by atoms with van der Waals surface area (Å²) in [6.07, 6.45) is 4.77. The highest BCUT2D eigenvalue weighted by molar-refractivity contribution is 5.94. The van der Waals surface area contributed by atoms with Gasteiger partial charge in [0.05, 0.1) is 12.8 Å². The first-order valence-electron chi connectivity index (χ1n) is 8.60. The Morgan fingerprint density at radius 3 is 2.52 bits per heavy atom. The topological polar surface area (TPSA) is 73.0 Å². The molecule has 0 aliphatic heterocycles. The molecule has 1 N–H and O–H groups in total. The van der Waals surface area contributed by atoms with Crippen molar-refractivity contribution in [2.75, 3.05) is 0 Å². The molecule has 4 aromatic rings. The van der Waals surface area contributed by atoms with Crippen LogP contribution in [0.5, 0.6) is 0 Å². The number of nitrogens with zero attached hydrogens (tertiary/aromatic N) is 3. The predicted octanol–water partition coefficient (Wildman–Crippen LogP) is 3.44. The van der Waals surface area contributed by atoms with Gasteiger partial charge in [0.15, 0.2) is 0 Å². The molecule has 0 fully saturated rings. The maximum Gasteiger partial charge on any atom is 0.252 e. The van der Waals surface area contributed by atoms with Crippen LogP contribution in [0.25, 0.3) is 0 Å². The molecule has 4 rings (SSSR count). The Hall–Kier alpha value is -3.67. The Morgan fingerprint density at radius 1 is 1.04 bits per heavy atom. The number of rotatable bonds is 6. The maximum atomic E-state index is 12.8. The summed E-state index contributed by atoms with van der Waals surface area (Å²) in [6.45, 7) is 0.612. The van der Waals surface area contributed by atoms with Crippen LogP contribution in [0.1, 0.15) is 33.3 Å². The van der Waals surface area contributed by atoms with Gasteiger partial charge in [-0.25, -0.2) is 9.67 Å². The summed E-state index contributed by atoms with van der Waals surface area (Å²) < 4.78 is 7.27. The number of hydrogen-bond acceptors (Lipinski definition) is 4. The van der Waals surface area contributed by atoms with Crippen molar-refractivity contribution in [1.29, 1.82) is 0 Å².